The first kappa shape index (κ1) is 54.9. The van der Waals surface area contributed by atoms with E-state index in [1.54, 1.807) is 31.2 Å². The van der Waals surface area contributed by atoms with Crippen molar-refractivity contribution in [1.29, 1.82) is 0 Å². The zero-order valence-electron chi connectivity index (χ0n) is 38.3. The fourth-order valence-corrected chi connectivity index (χ4v) is 11.6. The molecule has 0 aromatic heterocycles. The average Bonchev–Trinajstić information content (AvgIpc) is 3.29. The van der Waals surface area contributed by atoms with Crippen molar-refractivity contribution in [2.45, 2.75) is 28.5 Å². The Balaban J connectivity index is 0.00000456. The molecule has 70 heavy (non-hydrogen) atoms. The molecule has 0 bridgehead atoms. The first-order chi connectivity index (χ1) is 32.1. The van der Waals surface area contributed by atoms with E-state index >= 15 is 0 Å². The maximum atomic E-state index is 13.9. The van der Waals surface area contributed by atoms with Crippen LogP contribution in [0.5, 0.6) is 40.2 Å². The molecule has 0 atom stereocenters. The fourth-order valence-electron chi connectivity index (χ4n) is 6.36. The third-order valence-corrected chi connectivity index (χ3v) is 15.8. The Morgan fingerprint density at radius 1 is 0.400 bits per heavy atom. The fraction of sp³-hybridized carbons (Fsp3) is 0.0833. The van der Waals surface area contributed by atoms with E-state index in [4.69, 9.17) is 18.9 Å². The number of methoxy groups -OCH3 is 1. The normalized spacial score (nSPS) is 11.6. The number of hydrogen-bond acceptors (Lipinski definition) is 14. The van der Waals surface area contributed by atoms with Crippen LogP contribution in [0.2, 0.25) is 0 Å². The van der Waals surface area contributed by atoms with E-state index in [2.05, 4.69) is 8.25 Å². The molecule has 0 aliphatic rings. The SMILES string of the molecule is COc1ccc(Oc2ccc(C(=O)c3ccc(Oc4ccc(Oc5ccc(C(=O)c6ccc(C)cc6)cc5)cc4S(=O)(=O)[N-]S(=O)(=O)c4ccc(C)cc4)cc3)cc2)cc1S(=O)(=O)[N-]S(C)(=O)=O.[Li+].[Li+]. The molecule has 7 aromatic rings. The van der Waals surface area contributed by atoms with Gasteiger partial charge in [0.05, 0.1) is 26.9 Å². The zero-order chi connectivity index (χ0) is 49.0. The van der Waals surface area contributed by atoms with E-state index in [-0.39, 0.29) is 99.8 Å². The quantitative estimate of drug-likeness (QED) is 0.0882. The molecule has 0 heterocycles. The van der Waals surface area contributed by atoms with Crippen LogP contribution in [-0.4, -0.2) is 58.6 Å². The van der Waals surface area contributed by atoms with Crippen molar-refractivity contribution in [3.05, 3.63) is 199 Å². The molecule has 0 N–H and O–H groups in total. The maximum Gasteiger partial charge on any atom is 1.00 e. The summed E-state index contributed by atoms with van der Waals surface area (Å²) in [6, 6.07) is 37.6. The summed E-state index contributed by atoms with van der Waals surface area (Å²) in [7, 11) is -17.5. The number of carbonyl (C=O) groups excluding carboxylic acids is 2. The van der Waals surface area contributed by atoms with Crippen LogP contribution in [0, 0.1) is 13.8 Å². The number of benzene rings is 7. The predicted molar refractivity (Wildman–Crippen MR) is 251 cm³/mol. The van der Waals surface area contributed by atoms with Gasteiger partial charge in [-0.1, -0.05) is 47.5 Å². The Labute approximate surface area is 429 Å². The molecule has 0 unspecified atom stereocenters. The molecule has 0 radical (unpaired) electrons. The third-order valence-electron chi connectivity index (χ3n) is 9.72. The zero-order valence-corrected chi connectivity index (χ0v) is 41.5. The molecule has 16 nitrogen and oxygen atoms in total. The molecular formula is C48H38Li2N2O14S4. The van der Waals surface area contributed by atoms with Crippen LogP contribution in [0.4, 0.5) is 0 Å². The molecule has 7 rings (SSSR count). The monoisotopic (exact) mass is 1010 g/mol. The summed E-state index contributed by atoms with van der Waals surface area (Å²) in [5.74, 6) is -0.660. The second-order valence-electron chi connectivity index (χ2n) is 14.9. The van der Waals surface area contributed by atoms with E-state index in [0.29, 0.717) is 17.4 Å². The second-order valence-corrected chi connectivity index (χ2v) is 21.8. The average molecular weight is 1010 g/mol. The van der Waals surface area contributed by atoms with E-state index in [0.717, 1.165) is 23.3 Å². The number of aryl methyl sites for hydroxylation is 2. The first-order valence-corrected chi connectivity index (χ1v) is 26.1. The molecule has 0 aliphatic heterocycles. The minimum Gasteiger partial charge on any atom is -0.495 e. The van der Waals surface area contributed by atoms with Crippen molar-refractivity contribution >= 4 is 51.7 Å². The number of sulfonamides is 4. The third kappa shape index (κ3) is 13.6. The molecule has 0 saturated heterocycles. The molecule has 0 amide bonds. The van der Waals surface area contributed by atoms with Crippen LogP contribution in [0.25, 0.3) is 8.25 Å². The Morgan fingerprint density at radius 2 is 0.729 bits per heavy atom. The van der Waals surface area contributed by atoms with Gasteiger partial charge in [0.25, 0.3) is 0 Å². The Morgan fingerprint density at radius 3 is 1.13 bits per heavy atom. The minimum atomic E-state index is -5.03. The molecule has 0 aliphatic carbocycles. The topological polar surface area (TPSA) is 236 Å². The summed E-state index contributed by atoms with van der Waals surface area (Å²) < 4.78 is 132. The van der Waals surface area contributed by atoms with Crippen LogP contribution in [0.1, 0.15) is 43.0 Å². The number of ether oxygens (including phenoxy) is 4. The van der Waals surface area contributed by atoms with E-state index in [1.165, 1.54) is 116 Å². The van der Waals surface area contributed by atoms with Gasteiger partial charge in [-0.25, -0.2) is 33.7 Å². The molecule has 7 aromatic carbocycles. The summed E-state index contributed by atoms with van der Waals surface area (Å²) in [5.41, 5.74) is 3.05. The second kappa shape index (κ2) is 22.4. The summed E-state index contributed by atoms with van der Waals surface area (Å²) in [4.78, 5) is 25.0. The summed E-state index contributed by atoms with van der Waals surface area (Å²) in [5, 5.41) is 0. The minimum absolute atomic E-state index is 0. The van der Waals surface area contributed by atoms with Gasteiger partial charge in [-0.15, -0.1) is 0 Å². The van der Waals surface area contributed by atoms with Gasteiger partial charge < -0.3 is 27.2 Å². The molecular weight excluding hydrogens is 971 g/mol. The molecule has 350 valence electrons. The van der Waals surface area contributed by atoms with Crippen LogP contribution in [0.15, 0.2) is 172 Å². The van der Waals surface area contributed by atoms with Crippen LogP contribution < -0.4 is 56.7 Å². The van der Waals surface area contributed by atoms with Gasteiger partial charge >= 0.3 is 37.7 Å². The van der Waals surface area contributed by atoms with E-state index in [1.807, 2.05) is 19.1 Å². The van der Waals surface area contributed by atoms with Crippen molar-refractivity contribution in [3.8, 4) is 40.2 Å². The molecule has 0 fully saturated rings. The Hall–Kier alpha value is -6.01. The summed E-state index contributed by atoms with van der Waals surface area (Å²) in [6.45, 7) is 3.64. The van der Waals surface area contributed by atoms with Crippen molar-refractivity contribution in [2.75, 3.05) is 13.4 Å². The largest absolute Gasteiger partial charge is 1.00 e. The number of nitrogens with zero attached hydrogens (tertiary/aromatic N) is 2. The van der Waals surface area contributed by atoms with Crippen molar-refractivity contribution < 1.29 is 99.9 Å². The van der Waals surface area contributed by atoms with Gasteiger partial charge in [0.1, 0.15) is 70.3 Å². The summed E-state index contributed by atoms with van der Waals surface area (Å²) >= 11 is 0. The van der Waals surface area contributed by atoms with Crippen LogP contribution in [-0.2, 0) is 40.1 Å². The number of ketones is 2. The number of carbonyl (C=O) groups is 2. The van der Waals surface area contributed by atoms with E-state index < -0.39 is 55.7 Å². The predicted octanol–water partition coefficient (Wildman–Crippen LogP) is 3.63. The Kier molecular flexibility index (Phi) is 17.6. The smallest absolute Gasteiger partial charge is 0.495 e. The first-order valence-electron chi connectivity index (χ1n) is 19.9. The van der Waals surface area contributed by atoms with Gasteiger partial charge in [0, 0.05) is 45.5 Å². The van der Waals surface area contributed by atoms with Crippen molar-refractivity contribution in [1.82, 2.24) is 0 Å². The van der Waals surface area contributed by atoms with Crippen LogP contribution >= 0.6 is 0 Å². The van der Waals surface area contributed by atoms with Gasteiger partial charge in [-0.2, -0.15) is 0 Å². The van der Waals surface area contributed by atoms with Gasteiger partial charge in [-0.3, -0.25) is 9.59 Å². The standard InChI is InChI=1S/C48H38N2O14S4.2Li/c1-31-5-9-33(10-6-31)47(51)34-11-17-38(18-12-34)63-41-24-28-44(46(30-41)68(59,60)50-66(55,56)42-25-7-32(2)8-26-42)64-39-21-15-36(16-22-39)48(52)35-13-19-37(20-14-35)62-40-23-27-43(61-3)45(29-40)67(57,58)49-65(4,53)54;;/h5-30H,1-4H3;;/q-2;2*+1. The number of hydrogen-bond donors (Lipinski definition) is 0. The Bertz CT molecular complexity index is 3510. The molecule has 0 spiro atoms. The van der Waals surface area contributed by atoms with Gasteiger partial charge in [0.2, 0.25) is 0 Å². The van der Waals surface area contributed by atoms with E-state index in [9.17, 15) is 43.3 Å². The number of rotatable bonds is 18. The molecule has 22 heteroatoms. The van der Waals surface area contributed by atoms with Crippen LogP contribution in [0.3, 0.4) is 0 Å². The van der Waals surface area contributed by atoms with Gasteiger partial charge in [-0.05, 0) is 123 Å². The van der Waals surface area contributed by atoms with Crippen molar-refractivity contribution in [2.24, 2.45) is 0 Å². The summed E-state index contributed by atoms with van der Waals surface area (Å²) in [6.07, 6.45) is 0.634. The maximum absolute atomic E-state index is 13.9. The molecule has 0 saturated carbocycles. The van der Waals surface area contributed by atoms with Gasteiger partial charge in [0.15, 0.2) is 11.6 Å². The van der Waals surface area contributed by atoms with Crippen molar-refractivity contribution in [3.63, 3.8) is 0 Å².